The molecule has 0 radical (unpaired) electrons. The molecular weight excluding hydrogens is 506 g/mol. The minimum atomic E-state index is -0.644. The summed E-state index contributed by atoms with van der Waals surface area (Å²) in [5.74, 6) is -0.575. The Balaban J connectivity index is 1.37. The van der Waals surface area contributed by atoms with Crippen molar-refractivity contribution in [3.05, 3.63) is 60.3 Å². The number of anilines is 2. The molecule has 2 N–H and O–H groups in total. The number of hydrogen-bond acceptors (Lipinski definition) is 6. The minimum Gasteiger partial charge on any atom is -0.459 e. The predicted octanol–water partition coefficient (Wildman–Crippen LogP) is 4.47. The highest BCUT2D eigenvalue weighted by Gasteiger charge is 2.45. The van der Waals surface area contributed by atoms with Crippen molar-refractivity contribution in [2.24, 2.45) is 0 Å². The zero-order valence-corrected chi connectivity index (χ0v) is 23.9. The van der Waals surface area contributed by atoms with Crippen molar-refractivity contribution in [1.29, 1.82) is 0 Å². The number of esters is 1. The van der Waals surface area contributed by atoms with Gasteiger partial charge in [0.2, 0.25) is 5.91 Å². The zero-order chi connectivity index (χ0) is 28.6. The SMILES string of the molecule is CN(C)c1ccc(N2C(=O)CC3[C@@H](N[C@@H](Cc4c[nH]c5ccccc45)C(=O)OC(C)(C)C)CCCN3C2=O)cc1. The van der Waals surface area contributed by atoms with Crippen molar-refractivity contribution in [2.45, 2.75) is 70.2 Å². The van der Waals surface area contributed by atoms with Crippen LogP contribution < -0.4 is 15.1 Å². The monoisotopic (exact) mass is 545 g/mol. The molecule has 0 bridgehead atoms. The number of piperidine rings is 1. The van der Waals surface area contributed by atoms with E-state index in [9.17, 15) is 14.4 Å². The third kappa shape index (κ3) is 5.70. The first-order chi connectivity index (χ1) is 19.0. The number of imide groups is 1. The van der Waals surface area contributed by atoms with Crippen molar-refractivity contribution >= 4 is 40.2 Å². The van der Waals surface area contributed by atoms with Gasteiger partial charge in [0.15, 0.2) is 0 Å². The van der Waals surface area contributed by atoms with Gasteiger partial charge in [-0.2, -0.15) is 0 Å². The van der Waals surface area contributed by atoms with Gasteiger partial charge in [0.25, 0.3) is 0 Å². The van der Waals surface area contributed by atoms with Crippen LogP contribution in [0.2, 0.25) is 0 Å². The van der Waals surface area contributed by atoms with Gasteiger partial charge in [-0.1, -0.05) is 18.2 Å². The average Bonchev–Trinajstić information content (AvgIpc) is 3.31. The second-order valence-electron chi connectivity index (χ2n) is 12.0. The summed E-state index contributed by atoms with van der Waals surface area (Å²) in [4.78, 5) is 48.8. The molecule has 2 saturated heterocycles. The van der Waals surface area contributed by atoms with Gasteiger partial charge in [0, 0.05) is 62.3 Å². The summed E-state index contributed by atoms with van der Waals surface area (Å²) in [6.45, 7) is 6.14. The van der Waals surface area contributed by atoms with Crippen molar-refractivity contribution in [3.63, 3.8) is 0 Å². The maximum absolute atomic E-state index is 13.6. The fourth-order valence-electron chi connectivity index (χ4n) is 5.76. The molecule has 3 amide bonds. The largest absolute Gasteiger partial charge is 0.459 e. The molecule has 0 spiro atoms. The highest BCUT2D eigenvalue weighted by atomic mass is 16.6. The number of nitrogens with zero attached hydrogens (tertiary/aromatic N) is 3. The molecule has 2 aliphatic rings. The van der Waals surface area contributed by atoms with Crippen LogP contribution in [0.5, 0.6) is 0 Å². The van der Waals surface area contributed by atoms with Crippen molar-refractivity contribution in [3.8, 4) is 0 Å². The number of aromatic amines is 1. The first-order valence-electron chi connectivity index (χ1n) is 14.0. The predicted molar refractivity (Wildman–Crippen MR) is 157 cm³/mol. The number of aromatic nitrogens is 1. The number of rotatable bonds is 7. The molecular formula is C31H39N5O4. The number of amides is 3. The molecule has 2 fully saturated rings. The number of carbonyl (C=O) groups is 3. The number of urea groups is 1. The van der Waals surface area contributed by atoms with Gasteiger partial charge in [0.05, 0.1) is 11.7 Å². The summed E-state index contributed by atoms with van der Waals surface area (Å²) >= 11 is 0. The Morgan fingerprint density at radius 3 is 2.55 bits per heavy atom. The van der Waals surface area contributed by atoms with E-state index in [-0.39, 0.29) is 36.4 Å². The van der Waals surface area contributed by atoms with E-state index >= 15 is 0 Å². The lowest BCUT2D eigenvalue weighted by Gasteiger charge is -2.47. The Hall–Kier alpha value is -3.85. The Kier molecular flexibility index (Phi) is 7.59. The van der Waals surface area contributed by atoms with E-state index in [0.717, 1.165) is 35.0 Å². The first kappa shape index (κ1) is 27.7. The minimum absolute atomic E-state index is 0.187. The molecule has 212 valence electrons. The summed E-state index contributed by atoms with van der Waals surface area (Å²) in [6.07, 6.45) is 4.08. The number of hydrogen-bond donors (Lipinski definition) is 2. The van der Waals surface area contributed by atoms with Crippen molar-refractivity contribution < 1.29 is 19.1 Å². The Bertz CT molecular complexity index is 1390. The van der Waals surface area contributed by atoms with Crippen LogP contribution in [0, 0.1) is 0 Å². The number of benzene rings is 2. The molecule has 0 saturated carbocycles. The lowest BCUT2D eigenvalue weighted by atomic mass is 9.90. The fourth-order valence-corrected chi connectivity index (χ4v) is 5.76. The van der Waals surface area contributed by atoms with Gasteiger partial charge in [-0.25, -0.2) is 9.69 Å². The Labute approximate surface area is 235 Å². The molecule has 1 unspecified atom stereocenters. The third-order valence-corrected chi connectivity index (χ3v) is 7.68. The lowest BCUT2D eigenvalue weighted by Crippen LogP contribution is -2.66. The normalized spacial score (nSPS) is 20.4. The van der Waals surface area contributed by atoms with E-state index in [2.05, 4.69) is 10.3 Å². The van der Waals surface area contributed by atoms with Gasteiger partial charge >= 0.3 is 12.0 Å². The maximum atomic E-state index is 13.6. The van der Waals surface area contributed by atoms with Crippen LogP contribution in [-0.4, -0.2) is 72.2 Å². The van der Waals surface area contributed by atoms with Crippen LogP contribution in [-0.2, 0) is 20.7 Å². The van der Waals surface area contributed by atoms with Crippen molar-refractivity contribution in [1.82, 2.24) is 15.2 Å². The molecule has 3 heterocycles. The molecule has 9 heteroatoms. The number of carbonyl (C=O) groups excluding carboxylic acids is 3. The molecule has 3 atom stereocenters. The lowest BCUT2D eigenvalue weighted by molar-refractivity contribution is -0.157. The smallest absolute Gasteiger partial charge is 0.331 e. The fraction of sp³-hybridized carbons (Fsp3) is 0.452. The number of H-pyrrole nitrogens is 1. The molecule has 9 nitrogen and oxygen atoms in total. The number of fused-ring (bicyclic) bond motifs is 2. The number of para-hydroxylation sites is 1. The standard InChI is InChI=1S/C31H39N5O4/c1-31(2,3)40-29(38)26(17-20-19-32-24-10-7-6-9-23(20)24)33-25-11-8-16-35-27(25)18-28(37)36(30(35)39)22-14-12-21(13-15-22)34(4)5/h6-7,9-10,12-15,19,25-27,32-33H,8,11,16-18H2,1-5H3/t25-,26-,27?/m0/s1. The zero-order valence-electron chi connectivity index (χ0n) is 23.9. The van der Waals surface area contributed by atoms with Crippen LogP contribution in [0.1, 0.15) is 45.6 Å². The van der Waals surface area contributed by atoms with E-state index in [1.165, 1.54) is 4.90 Å². The van der Waals surface area contributed by atoms with Crippen LogP contribution in [0.25, 0.3) is 10.9 Å². The van der Waals surface area contributed by atoms with Gasteiger partial charge in [0.1, 0.15) is 11.6 Å². The highest BCUT2D eigenvalue weighted by Crippen LogP contribution is 2.32. The van der Waals surface area contributed by atoms with E-state index in [4.69, 9.17) is 4.74 Å². The first-order valence-corrected chi connectivity index (χ1v) is 14.0. The summed E-state index contributed by atoms with van der Waals surface area (Å²) in [5, 5.41) is 4.60. The van der Waals surface area contributed by atoms with E-state index < -0.39 is 11.6 Å². The Morgan fingerprint density at radius 2 is 1.85 bits per heavy atom. The van der Waals surface area contributed by atoms with Gasteiger partial charge in [-0.15, -0.1) is 0 Å². The van der Waals surface area contributed by atoms with Gasteiger partial charge in [-0.3, -0.25) is 14.9 Å². The summed E-state index contributed by atoms with van der Waals surface area (Å²) in [6, 6.07) is 13.9. The summed E-state index contributed by atoms with van der Waals surface area (Å²) < 4.78 is 5.81. The summed E-state index contributed by atoms with van der Waals surface area (Å²) in [7, 11) is 3.89. The van der Waals surface area contributed by atoms with Crippen LogP contribution in [0.3, 0.4) is 0 Å². The van der Waals surface area contributed by atoms with Crippen LogP contribution in [0.15, 0.2) is 54.7 Å². The Morgan fingerprint density at radius 1 is 1.12 bits per heavy atom. The molecule has 2 aromatic carbocycles. The van der Waals surface area contributed by atoms with E-state index in [0.29, 0.717) is 18.7 Å². The summed E-state index contributed by atoms with van der Waals surface area (Å²) in [5.41, 5.74) is 2.93. The van der Waals surface area contributed by atoms with Crippen LogP contribution in [0.4, 0.5) is 16.2 Å². The quantitative estimate of drug-likeness (QED) is 0.426. The molecule has 0 aliphatic carbocycles. The van der Waals surface area contributed by atoms with E-state index in [1.807, 2.05) is 94.5 Å². The van der Waals surface area contributed by atoms with E-state index in [1.54, 1.807) is 4.90 Å². The van der Waals surface area contributed by atoms with Crippen molar-refractivity contribution in [2.75, 3.05) is 30.4 Å². The van der Waals surface area contributed by atoms with Gasteiger partial charge < -0.3 is 19.5 Å². The topological polar surface area (TPSA) is 98.0 Å². The third-order valence-electron chi connectivity index (χ3n) is 7.68. The number of ether oxygens (including phenoxy) is 1. The average molecular weight is 546 g/mol. The number of nitrogens with one attached hydrogen (secondary N) is 2. The van der Waals surface area contributed by atoms with Crippen LogP contribution >= 0.6 is 0 Å². The molecule has 1 aromatic heterocycles. The van der Waals surface area contributed by atoms with Gasteiger partial charge in [-0.05, 0) is 69.5 Å². The molecule has 3 aromatic rings. The second kappa shape index (κ2) is 11.0. The second-order valence-corrected chi connectivity index (χ2v) is 12.0. The molecule has 2 aliphatic heterocycles. The maximum Gasteiger partial charge on any atom is 0.331 e. The highest BCUT2D eigenvalue weighted by molar-refractivity contribution is 6.16. The molecule has 40 heavy (non-hydrogen) atoms. The molecule has 5 rings (SSSR count).